The Labute approximate surface area is 177 Å². The summed E-state index contributed by atoms with van der Waals surface area (Å²) in [5, 5.41) is 3.37. The standard InChI is InChI=1S/C19H29N5O2.2ClH/c1-11-13(12(2)21-17-16(11)18(26)22-23(17)5)6-7-15(25)24-9-8-14(20)19(3,4)10-24;;/h14H,6-10,20H2,1-5H3,(H,22,26);2*1H. The van der Waals surface area contributed by atoms with Crippen LogP contribution in [0.3, 0.4) is 0 Å². The summed E-state index contributed by atoms with van der Waals surface area (Å²) < 4.78 is 1.64. The van der Waals surface area contributed by atoms with Gasteiger partial charge in [-0.05, 0) is 43.2 Å². The summed E-state index contributed by atoms with van der Waals surface area (Å²) in [5.74, 6) is 0.144. The van der Waals surface area contributed by atoms with E-state index in [1.807, 2.05) is 18.7 Å². The molecular weight excluding hydrogens is 401 g/mol. The lowest BCUT2D eigenvalue weighted by Gasteiger charge is -2.42. The molecule has 1 atom stereocenters. The van der Waals surface area contributed by atoms with Crippen LogP contribution in [0.5, 0.6) is 0 Å². The number of piperidine rings is 1. The summed E-state index contributed by atoms with van der Waals surface area (Å²) >= 11 is 0. The normalized spacial score (nSPS) is 18.5. The van der Waals surface area contributed by atoms with Crippen molar-refractivity contribution in [3.63, 3.8) is 0 Å². The monoisotopic (exact) mass is 431 g/mol. The number of halogens is 2. The second kappa shape index (κ2) is 8.84. The molecule has 1 aliphatic heterocycles. The Morgan fingerprint density at radius 2 is 1.96 bits per heavy atom. The van der Waals surface area contributed by atoms with Crippen LogP contribution >= 0.6 is 24.8 Å². The fraction of sp³-hybridized carbons (Fsp3) is 0.632. The highest BCUT2D eigenvalue weighted by molar-refractivity contribution is 5.85. The van der Waals surface area contributed by atoms with E-state index in [2.05, 4.69) is 23.9 Å². The second-order valence-electron chi connectivity index (χ2n) is 8.20. The summed E-state index contributed by atoms with van der Waals surface area (Å²) in [6.45, 7) is 9.52. The number of hydrogen-bond acceptors (Lipinski definition) is 4. The first-order chi connectivity index (χ1) is 12.1. The topological polar surface area (TPSA) is 97.0 Å². The lowest BCUT2D eigenvalue weighted by atomic mass is 9.79. The SMILES string of the molecule is Cc1nc2c(c(C)c1CCC(=O)N1CCC(N)C(C)(C)C1)c(=O)[nH]n2C.Cl.Cl. The lowest BCUT2D eigenvalue weighted by Crippen LogP contribution is -2.54. The molecular formula is C19H31Cl2N5O2. The molecule has 3 rings (SSSR count). The third-order valence-electron chi connectivity index (χ3n) is 5.83. The smallest absolute Gasteiger partial charge is 0.273 e. The molecule has 1 fully saturated rings. The van der Waals surface area contributed by atoms with Gasteiger partial charge in [0.25, 0.3) is 5.56 Å². The molecule has 1 aliphatic rings. The van der Waals surface area contributed by atoms with Crippen LogP contribution in [0.2, 0.25) is 0 Å². The maximum absolute atomic E-state index is 12.7. The maximum Gasteiger partial charge on any atom is 0.273 e. The quantitative estimate of drug-likeness (QED) is 0.778. The number of carbonyl (C=O) groups is 1. The zero-order chi connectivity index (χ0) is 19.2. The van der Waals surface area contributed by atoms with Gasteiger partial charge in [0, 0.05) is 38.3 Å². The number of aromatic nitrogens is 3. The molecule has 3 N–H and O–H groups in total. The first-order valence-corrected chi connectivity index (χ1v) is 9.20. The molecule has 1 saturated heterocycles. The number of carbonyl (C=O) groups excluding carboxylic acids is 1. The van der Waals surface area contributed by atoms with Crippen LogP contribution in [-0.4, -0.2) is 44.7 Å². The number of pyridine rings is 1. The van der Waals surface area contributed by atoms with E-state index in [0.29, 0.717) is 30.4 Å². The molecule has 0 radical (unpaired) electrons. The van der Waals surface area contributed by atoms with Gasteiger partial charge in [-0.15, -0.1) is 24.8 Å². The van der Waals surface area contributed by atoms with Crippen molar-refractivity contribution in [2.75, 3.05) is 13.1 Å². The Kier molecular flexibility index (Phi) is 7.73. The molecule has 0 aromatic carbocycles. The summed E-state index contributed by atoms with van der Waals surface area (Å²) in [6.07, 6.45) is 1.85. The fourth-order valence-electron chi connectivity index (χ4n) is 3.99. The van der Waals surface area contributed by atoms with Crippen molar-refractivity contribution in [2.24, 2.45) is 18.2 Å². The van der Waals surface area contributed by atoms with E-state index in [9.17, 15) is 9.59 Å². The predicted octanol–water partition coefficient (Wildman–Crippen LogP) is 2.24. The molecule has 3 heterocycles. The van der Waals surface area contributed by atoms with Crippen LogP contribution in [-0.2, 0) is 18.3 Å². The minimum absolute atomic E-state index is 0. The lowest BCUT2D eigenvalue weighted by molar-refractivity contribution is -0.134. The number of H-pyrrole nitrogens is 1. The van der Waals surface area contributed by atoms with E-state index in [-0.39, 0.29) is 47.7 Å². The minimum atomic E-state index is -0.133. The Morgan fingerprint density at radius 3 is 2.57 bits per heavy atom. The molecule has 0 spiro atoms. The van der Waals surface area contributed by atoms with Gasteiger partial charge in [0.05, 0.1) is 5.39 Å². The molecule has 9 heteroatoms. The van der Waals surface area contributed by atoms with Gasteiger partial charge in [-0.1, -0.05) is 13.8 Å². The van der Waals surface area contributed by atoms with Gasteiger partial charge < -0.3 is 10.6 Å². The summed E-state index contributed by atoms with van der Waals surface area (Å²) in [5.41, 5.74) is 9.43. The summed E-state index contributed by atoms with van der Waals surface area (Å²) in [6, 6.07) is 0.132. The van der Waals surface area contributed by atoms with Gasteiger partial charge >= 0.3 is 0 Å². The Balaban J connectivity index is 0.00000196. The molecule has 2 aromatic rings. The zero-order valence-corrected chi connectivity index (χ0v) is 18.8. The van der Waals surface area contributed by atoms with Crippen molar-refractivity contribution >= 4 is 41.8 Å². The van der Waals surface area contributed by atoms with Gasteiger partial charge in [0.1, 0.15) is 0 Å². The highest BCUT2D eigenvalue weighted by atomic mass is 35.5. The summed E-state index contributed by atoms with van der Waals surface area (Å²) in [7, 11) is 1.78. The number of hydrogen-bond donors (Lipinski definition) is 2. The highest BCUT2D eigenvalue weighted by Gasteiger charge is 2.35. The zero-order valence-electron chi connectivity index (χ0n) is 17.2. The molecule has 2 aromatic heterocycles. The fourth-order valence-corrected chi connectivity index (χ4v) is 3.99. The molecule has 158 valence electrons. The first-order valence-electron chi connectivity index (χ1n) is 9.20. The van der Waals surface area contributed by atoms with Crippen molar-refractivity contribution in [3.05, 3.63) is 27.2 Å². The van der Waals surface area contributed by atoms with Crippen LogP contribution in [0.4, 0.5) is 0 Å². The largest absolute Gasteiger partial charge is 0.342 e. The second-order valence-corrected chi connectivity index (χ2v) is 8.20. The number of aryl methyl sites for hydroxylation is 3. The van der Waals surface area contributed by atoms with Crippen molar-refractivity contribution < 1.29 is 4.79 Å². The van der Waals surface area contributed by atoms with Crippen LogP contribution in [0, 0.1) is 19.3 Å². The number of nitrogens with one attached hydrogen (secondary N) is 1. The molecule has 1 amide bonds. The number of aromatic amines is 1. The van der Waals surface area contributed by atoms with Crippen molar-refractivity contribution in [1.29, 1.82) is 0 Å². The first kappa shape index (κ1) is 24.5. The number of nitrogens with zero attached hydrogens (tertiary/aromatic N) is 3. The van der Waals surface area contributed by atoms with E-state index in [1.54, 1.807) is 11.7 Å². The predicted molar refractivity (Wildman–Crippen MR) is 117 cm³/mol. The molecule has 28 heavy (non-hydrogen) atoms. The summed E-state index contributed by atoms with van der Waals surface area (Å²) in [4.78, 5) is 31.4. The van der Waals surface area contributed by atoms with Crippen LogP contribution in [0.25, 0.3) is 11.0 Å². The van der Waals surface area contributed by atoms with E-state index in [0.717, 1.165) is 29.8 Å². The maximum atomic E-state index is 12.7. The molecule has 0 saturated carbocycles. The number of rotatable bonds is 3. The van der Waals surface area contributed by atoms with E-state index < -0.39 is 0 Å². The van der Waals surface area contributed by atoms with E-state index in [4.69, 9.17) is 5.73 Å². The van der Waals surface area contributed by atoms with Crippen molar-refractivity contribution in [2.45, 2.75) is 53.0 Å². The molecule has 7 nitrogen and oxygen atoms in total. The highest BCUT2D eigenvalue weighted by Crippen LogP contribution is 2.28. The third-order valence-corrected chi connectivity index (χ3v) is 5.83. The van der Waals surface area contributed by atoms with Gasteiger partial charge in [-0.3, -0.25) is 19.4 Å². The van der Waals surface area contributed by atoms with Crippen molar-refractivity contribution in [1.82, 2.24) is 19.7 Å². The van der Waals surface area contributed by atoms with Crippen LogP contribution < -0.4 is 11.3 Å². The molecule has 0 aliphatic carbocycles. The van der Waals surface area contributed by atoms with Crippen LogP contribution in [0.1, 0.15) is 43.5 Å². The van der Waals surface area contributed by atoms with Gasteiger partial charge in [0.2, 0.25) is 5.91 Å². The van der Waals surface area contributed by atoms with Gasteiger partial charge in [0.15, 0.2) is 5.65 Å². The van der Waals surface area contributed by atoms with Gasteiger partial charge in [-0.25, -0.2) is 4.98 Å². The Hall–Kier alpha value is -1.57. The minimum Gasteiger partial charge on any atom is -0.342 e. The molecule has 1 unspecified atom stereocenters. The Morgan fingerprint density at radius 1 is 1.32 bits per heavy atom. The van der Waals surface area contributed by atoms with E-state index in [1.165, 1.54) is 0 Å². The van der Waals surface area contributed by atoms with E-state index >= 15 is 0 Å². The number of amides is 1. The number of fused-ring (bicyclic) bond motifs is 1. The van der Waals surface area contributed by atoms with Crippen LogP contribution in [0.15, 0.2) is 4.79 Å². The number of nitrogens with two attached hydrogens (primary N) is 1. The average molecular weight is 432 g/mol. The average Bonchev–Trinajstić information content (AvgIpc) is 2.83. The van der Waals surface area contributed by atoms with Crippen molar-refractivity contribution in [3.8, 4) is 0 Å². The number of likely N-dealkylation sites (tertiary alicyclic amines) is 1. The van der Waals surface area contributed by atoms with Gasteiger partial charge in [-0.2, -0.15) is 0 Å². The Bertz CT molecular complexity index is 919. The molecule has 0 bridgehead atoms. The third kappa shape index (κ3) is 4.36.